The molecular formula is C22H26N2O4S. The van der Waals surface area contributed by atoms with Gasteiger partial charge >= 0.3 is 0 Å². The SMILES string of the molecule is CC(C)(C)C(=O)N1CCc2ccc(NC(=O)CCS(=O)(=O)c3ccccc3)cc21. The van der Waals surface area contributed by atoms with Crippen LogP contribution in [0.3, 0.4) is 0 Å². The topological polar surface area (TPSA) is 83.6 Å². The minimum atomic E-state index is -3.51. The third kappa shape index (κ3) is 4.85. The fourth-order valence-electron chi connectivity index (χ4n) is 3.27. The van der Waals surface area contributed by atoms with Gasteiger partial charge in [-0.05, 0) is 36.2 Å². The molecule has 0 fully saturated rings. The highest BCUT2D eigenvalue weighted by Crippen LogP contribution is 2.34. The highest BCUT2D eigenvalue weighted by atomic mass is 32.2. The molecule has 0 aliphatic carbocycles. The lowest BCUT2D eigenvalue weighted by molar-refractivity contribution is -0.125. The number of benzene rings is 2. The Hall–Kier alpha value is -2.67. The van der Waals surface area contributed by atoms with Crippen molar-refractivity contribution in [1.82, 2.24) is 0 Å². The third-order valence-corrected chi connectivity index (χ3v) is 6.58. The number of nitrogens with zero attached hydrogens (tertiary/aromatic N) is 1. The van der Waals surface area contributed by atoms with E-state index >= 15 is 0 Å². The first-order chi connectivity index (χ1) is 13.6. The second-order valence-electron chi connectivity index (χ2n) is 8.23. The molecule has 2 aromatic carbocycles. The molecule has 1 aliphatic rings. The normalized spacial score (nSPS) is 13.8. The van der Waals surface area contributed by atoms with E-state index in [1.165, 1.54) is 12.1 Å². The van der Waals surface area contributed by atoms with Crippen LogP contribution in [0.4, 0.5) is 11.4 Å². The molecule has 2 aromatic rings. The Morgan fingerprint density at radius 3 is 2.41 bits per heavy atom. The highest BCUT2D eigenvalue weighted by molar-refractivity contribution is 7.91. The van der Waals surface area contributed by atoms with Crippen molar-refractivity contribution in [3.63, 3.8) is 0 Å². The largest absolute Gasteiger partial charge is 0.326 e. The van der Waals surface area contributed by atoms with Crippen molar-refractivity contribution in [3.8, 4) is 0 Å². The first kappa shape index (κ1) is 21.0. The van der Waals surface area contributed by atoms with E-state index in [0.717, 1.165) is 17.7 Å². The van der Waals surface area contributed by atoms with Gasteiger partial charge < -0.3 is 10.2 Å². The van der Waals surface area contributed by atoms with Gasteiger partial charge in [0.15, 0.2) is 9.84 Å². The van der Waals surface area contributed by atoms with Crippen LogP contribution in [0, 0.1) is 5.41 Å². The molecule has 0 unspecified atom stereocenters. The van der Waals surface area contributed by atoms with E-state index in [1.54, 1.807) is 35.2 Å². The number of rotatable bonds is 5. The van der Waals surface area contributed by atoms with Crippen molar-refractivity contribution < 1.29 is 18.0 Å². The van der Waals surface area contributed by atoms with Gasteiger partial charge in [0.05, 0.1) is 10.6 Å². The number of carbonyl (C=O) groups is 2. The molecule has 29 heavy (non-hydrogen) atoms. The molecule has 0 saturated heterocycles. The van der Waals surface area contributed by atoms with Crippen molar-refractivity contribution in [2.45, 2.75) is 38.5 Å². The fraction of sp³-hybridized carbons (Fsp3) is 0.364. The van der Waals surface area contributed by atoms with E-state index in [2.05, 4.69) is 5.32 Å². The van der Waals surface area contributed by atoms with Crippen LogP contribution in [0.25, 0.3) is 0 Å². The predicted molar refractivity (Wildman–Crippen MR) is 114 cm³/mol. The molecule has 7 heteroatoms. The van der Waals surface area contributed by atoms with E-state index < -0.39 is 15.3 Å². The quantitative estimate of drug-likeness (QED) is 0.813. The monoisotopic (exact) mass is 414 g/mol. The Kier molecular flexibility index (Phi) is 5.80. The lowest BCUT2D eigenvalue weighted by Gasteiger charge is -2.26. The van der Waals surface area contributed by atoms with Crippen molar-refractivity contribution in [3.05, 3.63) is 54.1 Å². The predicted octanol–water partition coefficient (Wildman–Crippen LogP) is 3.42. The number of hydrogen-bond donors (Lipinski definition) is 1. The summed E-state index contributed by atoms with van der Waals surface area (Å²) in [4.78, 5) is 27.0. The molecule has 2 amide bonds. The van der Waals surface area contributed by atoms with E-state index in [9.17, 15) is 18.0 Å². The molecule has 154 valence electrons. The minimum Gasteiger partial charge on any atom is -0.326 e. The van der Waals surface area contributed by atoms with Gasteiger partial charge in [-0.2, -0.15) is 0 Å². The minimum absolute atomic E-state index is 0.0358. The number of sulfone groups is 1. The number of carbonyl (C=O) groups excluding carboxylic acids is 2. The molecule has 0 radical (unpaired) electrons. The van der Waals surface area contributed by atoms with Crippen LogP contribution in [0.1, 0.15) is 32.8 Å². The van der Waals surface area contributed by atoms with Crippen LogP contribution in [-0.4, -0.2) is 32.5 Å². The average molecular weight is 415 g/mol. The van der Waals surface area contributed by atoms with Crippen molar-refractivity contribution >= 4 is 33.0 Å². The zero-order valence-electron chi connectivity index (χ0n) is 16.9. The lowest BCUT2D eigenvalue weighted by atomic mass is 9.94. The molecule has 1 aliphatic heterocycles. The standard InChI is InChI=1S/C22H26N2O4S/c1-22(2,3)21(26)24-13-11-16-9-10-17(15-19(16)24)23-20(25)12-14-29(27,28)18-7-5-4-6-8-18/h4-10,15H,11-14H2,1-3H3,(H,23,25). The zero-order valence-corrected chi connectivity index (χ0v) is 17.8. The maximum atomic E-state index is 12.7. The summed E-state index contributed by atoms with van der Waals surface area (Å²) in [6.07, 6.45) is 0.639. The van der Waals surface area contributed by atoms with E-state index in [0.29, 0.717) is 12.2 Å². The summed E-state index contributed by atoms with van der Waals surface area (Å²) in [6.45, 7) is 6.27. The molecule has 0 spiro atoms. The maximum Gasteiger partial charge on any atom is 0.232 e. The Balaban J connectivity index is 1.67. The van der Waals surface area contributed by atoms with Crippen LogP contribution in [-0.2, 0) is 25.8 Å². The van der Waals surface area contributed by atoms with Crippen LogP contribution in [0.5, 0.6) is 0 Å². The van der Waals surface area contributed by atoms with Crippen molar-refractivity contribution in [1.29, 1.82) is 0 Å². The van der Waals surface area contributed by atoms with Crippen molar-refractivity contribution in [2.24, 2.45) is 5.41 Å². The average Bonchev–Trinajstić information content (AvgIpc) is 3.09. The Morgan fingerprint density at radius 1 is 1.07 bits per heavy atom. The summed E-state index contributed by atoms with van der Waals surface area (Å²) in [5.74, 6) is -0.604. The molecule has 0 atom stereocenters. The van der Waals surface area contributed by atoms with E-state index in [4.69, 9.17) is 0 Å². The number of fused-ring (bicyclic) bond motifs is 1. The molecular weight excluding hydrogens is 388 g/mol. The zero-order chi connectivity index (χ0) is 21.2. The van der Waals surface area contributed by atoms with Gasteiger partial charge in [-0.25, -0.2) is 8.42 Å². The summed E-state index contributed by atoms with van der Waals surface area (Å²) >= 11 is 0. The summed E-state index contributed by atoms with van der Waals surface area (Å²) in [5, 5.41) is 2.75. The van der Waals surface area contributed by atoms with Gasteiger partial charge in [0.2, 0.25) is 11.8 Å². The van der Waals surface area contributed by atoms with Crippen LogP contribution in [0.15, 0.2) is 53.4 Å². The first-order valence-electron chi connectivity index (χ1n) is 9.60. The van der Waals surface area contributed by atoms with Crippen molar-refractivity contribution in [2.75, 3.05) is 22.5 Å². The summed E-state index contributed by atoms with van der Waals surface area (Å²) in [6, 6.07) is 13.6. The first-order valence-corrected chi connectivity index (χ1v) is 11.3. The van der Waals surface area contributed by atoms with Gasteiger partial charge in [0.1, 0.15) is 0 Å². The molecule has 0 aromatic heterocycles. The summed E-state index contributed by atoms with van der Waals surface area (Å²) in [7, 11) is -3.51. The number of hydrogen-bond acceptors (Lipinski definition) is 4. The number of nitrogens with one attached hydrogen (secondary N) is 1. The Bertz CT molecular complexity index is 1020. The third-order valence-electron chi connectivity index (χ3n) is 4.85. The smallest absolute Gasteiger partial charge is 0.232 e. The fourth-order valence-corrected chi connectivity index (χ4v) is 4.53. The van der Waals surface area contributed by atoms with E-state index in [-0.39, 0.29) is 28.9 Å². The number of amides is 2. The highest BCUT2D eigenvalue weighted by Gasteiger charge is 2.32. The molecule has 6 nitrogen and oxygen atoms in total. The van der Waals surface area contributed by atoms with Gasteiger partial charge in [-0.3, -0.25) is 9.59 Å². The molecule has 0 bridgehead atoms. The second kappa shape index (κ2) is 7.99. The summed E-state index contributed by atoms with van der Waals surface area (Å²) < 4.78 is 24.7. The van der Waals surface area contributed by atoms with Gasteiger partial charge in [-0.15, -0.1) is 0 Å². The molecule has 3 rings (SSSR count). The van der Waals surface area contributed by atoms with Gasteiger partial charge in [0, 0.05) is 29.8 Å². The number of anilines is 2. The second-order valence-corrected chi connectivity index (χ2v) is 10.3. The molecule has 1 N–H and O–H groups in total. The van der Waals surface area contributed by atoms with Crippen LogP contribution < -0.4 is 10.2 Å². The molecule has 0 saturated carbocycles. The maximum absolute atomic E-state index is 12.7. The summed E-state index contributed by atoms with van der Waals surface area (Å²) in [5.41, 5.74) is 1.93. The lowest BCUT2D eigenvalue weighted by Crippen LogP contribution is -2.38. The molecule has 1 heterocycles. The Labute approximate surface area is 171 Å². The van der Waals surface area contributed by atoms with E-state index in [1.807, 2.05) is 26.8 Å². The van der Waals surface area contributed by atoms with Gasteiger partial charge in [-0.1, -0.05) is 45.0 Å². The Morgan fingerprint density at radius 2 is 1.76 bits per heavy atom. The van der Waals surface area contributed by atoms with Crippen LogP contribution >= 0.6 is 0 Å². The van der Waals surface area contributed by atoms with Gasteiger partial charge in [0.25, 0.3) is 0 Å². The van der Waals surface area contributed by atoms with Crippen LogP contribution in [0.2, 0.25) is 0 Å².